The van der Waals surface area contributed by atoms with Crippen molar-refractivity contribution in [1.29, 1.82) is 0 Å². The second-order valence-corrected chi connectivity index (χ2v) is 2.61. The van der Waals surface area contributed by atoms with Gasteiger partial charge < -0.3 is 4.74 Å². The minimum Gasteiger partial charge on any atom is -0.376 e. The predicted octanol–water partition coefficient (Wildman–Crippen LogP) is 0.792. The summed E-state index contributed by atoms with van der Waals surface area (Å²) in [6.07, 6.45) is 2.49. The van der Waals surface area contributed by atoms with E-state index >= 15 is 0 Å². The summed E-state index contributed by atoms with van der Waals surface area (Å²) >= 11 is 0. The second-order valence-electron chi connectivity index (χ2n) is 2.61. The van der Waals surface area contributed by atoms with Crippen LogP contribution in [-0.4, -0.2) is 29.2 Å². The SMILES string of the molecule is F[C@@H]1COC[C@H]1n1cccn1. The highest BCUT2D eigenvalue weighted by Gasteiger charge is 2.29. The Kier molecular flexibility index (Phi) is 1.62. The van der Waals surface area contributed by atoms with Crippen molar-refractivity contribution in [2.24, 2.45) is 0 Å². The second kappa shape index (κ2) is 2.62. The molecule has 0 saturated carbocycles. The molecule has 4 heteroatoms. The van der Waals surface area contributed by atoms with Crippen LogP contribution in [-0.2, 0) is 4.74 Å². The minimum absolute atomic E-state index is 0.199. The van der Waals surface area contributed by atoms with Gasteiger partial charge in [-0.15, -0.1) is 0 Å². The van der Waals surface area contributed by atoms with E-state index in [-0.39, 0.29) is 12.6 Å². The van der Waals surface area contributed by atoms with Crippen molar-refractivity contribution >= 4 is 0 Å². The zero-order chi connectivity index (χ0) is 7.68. The highest BCUT2D eigenvalue weighted by Crippen LogP contribution is 2.20. The van der Waals surface area contributed by atoms with Crippen LogP contribution in [0.2, 0.25) is 0 Å². The summed E-state index contributed by atoms with van der Waals surface area (Å²) in [5, 5.41) is 3.95. The molecule has 1 aliphatic rings. The van der Waals surface area contributed by atoms with Crippen LogP contribution in [0.15, 0.2) is 18.5 Å². The number of nitrogens with zero attached hydrogens (tertiary/aromatic N) is 2. The van der Waals surface area contributed by atoms with Gasteiger partial charge >= 0.3 is 0 Å². The van der Waals surface area contributed by atoms with E-state index in [4.69, 9.17) is 4.74 Å². The average molecular weight is 156 g/mol. The summed E-state index contributed by atoms with van der Waals surface area (Å²) in [4.78, 5) is 0. The van der Waals surface area contributed by atoms with E-state index in [1.54, 1.807) is 23.1 Å². The Morgan fingerprint density at radius 2 is 2.45 bits per heavy atom. The maximum atomic E-state index is 13.0. The van der Waals surface area contributed by atoms with Gasteiger partial charge in [-0.2, -0.15) is 5.10 Å². The normalized spacial score (nSPS) is 31.0. The van der Waals surface area contributed by atoms with Crippen molar-refractivity contribution in [3.63, 3.8) is 0 Å². The topological polar surface area (TPSA) is 27.1 Å². The fourth-order valence-electron chi connectivity index (χ4n) is 1.24. The number of ether oxygens (including phenoxy) is 1. The highest BCUT2D eigenvalue weighted by molar-refractivity contribution is 4.86. The molecule has 0 radical (unpaired) electrons. The van der Waals surface area contributed by atoms with Crippen LogP contribution in [0.4, 0.5) is 4.39 Å². The van der Waals surface area contributed by atoms with Gasteiger partial charge in [0.15, 0.2) is 0 Å². The van der Waals surface area contributed by atoms with Crippen LogP contribution in [0.3, 0.4) is 0 Å². The monoisotopic (exact) mass is 156 g/mol. The first-order valence-corrected chi connectivity index (χ1v) is 3.59. The average Bonchev–Trinajstić information content (AvgIpc) is 2.55. The number of hydrogen-bond donors (Lipinski definition) is 0. The maximum Gasteiger partial charge on any atom is 0.148 e. The molecular formula is C7H9FN2O. The van der Waals surface area contributed by atoms with Crippen molar-refractivity contribution in [3.8, 4) is 0 Å². The molecule has 60 valence electrons. The summed E-state index contributed by atoms with van der Waals surface area (Å²) < 4.78 is 19.5. The standard InChI is InChI=1S/C7H9FN2O/c8-6-4-11-5-7(6)10-3-1-2-9-10/h1-3,6-7H,4-5H2/t6-,7-/m1/s1. The summed E-state index contributed by atoms with van der Waals surface area (Å²) in [5.74, 6) is 0. The van der Waals surface area contributed by atoms with Gasteiger partial charge in [0.25, 0.3) is 0 Å². The van der Waals surface area contributed by atoms with E-state index in [1.165, 1.54) is 0 Å². The number of hydrogen-bond acceptors (Lipinski definition) is 2. The third-order valence-electron chi connectivity index (χ3n) is 1.85. The zero-order valence-corrected chi connectivity index (χ0v) is 5.98. The molecule has 1 saturated heterocycles. The predicted molar refractivity (Wildman–Crippen MR) is 37.0 cm³/mol. The molecule has 2 rings (SSSR count). The molecule has 3 nitrogen and oxygen atoms in total. The van der Waals surface area contributed by atoms with Gasteiger partial charge in [-0.1, -0.05) is 0 Å². The van der Waals surface area contributed by atoms with Crippen LogP contribution in [0.25, 0.3) is 0 Å². The van der Waals surface area contributed by atoms with Crippen LogP contribution in [0, 0.1) is 0 Å². The number of halogens is 1. The molecule has 0 unspecified atom stereocenters. The van der Waals surface area contributed by atoms with Crippen LogP contribution in [0.1, 0.15) is 6.04 Å². The Labute approximate surface area is 63.8 Å². The maximum absolute atomic E-state index is 13.0. The third-order valence-corrected chi connectivity index (χ3v) is 1.85. The molecule has 1 aromatic heterocycles. The fraction of sp³-hybridized carbons (Fsp3) is 0.571. The van der Waals surface area contributed by atoms with Crippen molar-refractivity contribution < 1.29 is 9.13 Å². The molecule has 1 fully saturated rings. The highest BCUT2D eigenvalue weighted by atomic mass is 19.1. The van der Waals surface area contributed by atoms with E-state index in [9.17, 15) is 4.39 Å². The van der Waals surface area contributed by atoms with Crippen molar-refractivity contribution in [3.05, 3.63) is 18.5 Å². The van der Waals surface area contributed by atoms with E-state index in [0.717, 1.165) is 0 Å². The smallest absolute Gasteiger partial charge is 0.148 e. The first-order chi connectivity index (χ1) is 5.38. The Hall–Kier alpha value is -0.900. The molecule has 1 aromatic rings. The number of rotatable bonds is 1. The van der Waals surface area contributed by atoms with Gasteiger partial charge in [0.1, 0.15) is 12.2 Å². The summed E-state index contributed by atoms with van der Waals surface area (Å²) in [7, 11) is 0. The Balaban J connectivity index is 2.16. The van der Waals surface area contributed by atoms with Crippen LogP contribution >= 0.6 is 0 Å². The summed E-state index contributed by atoms with van der Waals surface area (Å²) in [6.45, 7) is 0.632. The van der Waals surface area contributed by atoms with Gasteiger partial charge in [-0.3, -0.25) is 4.68 Å². The van der Waals surface area contributed by atoms with Crippen molar-refractivity contribution in [2.75, 3.05) is 13.2 Å². The Bertz CT molecular complexity index is 224. The first kappa shape index (κ1) is 6.79. The van der Waals surface area contributed by atoms with Crippen molar-refractivity contribution in [2.45, 2.75) is 12.2 Å². The minimum atomic E-state index is -0.908. The Morgan fingerprint density at radius 3 is 3.00 bits per heavy atom. The van der Waals surface area contributed by atoms with E-state index in [0.29, 0.717) is 6.61 Å². The van der Waals surface area contributed by atoms with E-state index in [1.807, 2.05) is 0 Å². The molecule has 0 spiro atoms. The molecule has 0 aliphatic carbocycles. The van der Waals surface area contributed by atoms with E-state index < -0.39 is 6.17 Å². The van der Waals surface area contributed by atoms with Gasteiger partial charge in [-0.05, 0) is 6.07 Å². The van der Waals surface area contributed by atoms with Gasteiger partial charge in [0.2, 0.25) is 0 Å². The van der Waals surface area contributed by atoms with Crippen LogP contribution in [0.5, 0.6) is 0 Å². The number of alkyl halides is 1. The van der Waals surface area contributed by atoms with Gasteiger partial charge in [-0.25, -0.2) is 4.39 Å². The number of aromatic nitrogens is 2. The van der Waals surface area contributed by atoms with Crippen molar-refractivity contribution in [1.82, 2.24) is 9.78 Å². The molecule has 2 heterocycles. The lowest BCUT2D eigenvalue weighted by molar-refractivity contribution is 0.172. The third kappa shape index (κ3) is 1.14. The molecule has 11 heavy (non-hydrogen) atoms. The molecule has 2 atom stereocenters. The fourth-order valence-corrected chi connectivity index (χ4v) is 1.24. The molecule has 0 N–H and O–H groups in total. The Morgan fingerprint density at radius 1 is 1.55 bits per heavy atom. The largest absolute Gasteiger partial charge is 0.376 e. The van der Waals surface area contributed by atoms with E-state index in [2.05, 4.69) is 5.10 Å². The molecule has 0 bridgehead atoms. The zero-order valence-electron chi connectivity index (χ0n) is 5.98. The van der Waals surface area contributed by atoms with Crippen LogP contribution < -0.4 is 0 Å². The lowest BCUT2D eigenvalue weighted by atomic mass is 10.2. The lowest BCUT2D eigenvalue weighted by Gasteiger charge is -2.09. The quantitative estimate of drug-likeness (QED) is 0.601. The van der Waals surface area contributed by atoms with Gasteiger partial charge in [0, 0.05) is 12.4 Å². The molecular weight excluding hydrogens is 147 g/mol. The molecule has 0 amide bonds. The lowest BCUT2D eigenvalue weighted by Crippen LogP contribution is -2.18. The summed E-state index contributed by atoms with van der Waals surface area (Å²) in [6, 6.07) is 1.57. The first-order valence-electron chi connectivity index (χ1n) is 3.59. The molecule has 0 aromatic carbocycles. The summed E-state index contributed by atoms with van der Waals surface area (Å²) in [5.41, 5.74) is 0. The van der Waals surface area contributed by atoms with Gasteiger partial charge in [0.05, 0.1) is 13.2 Å². The molecule has 1 aliphatic heterocycles.